The molecule has 1 aromatic rings. The summed E-state index contributed by atoms with van der Waals surface area (Å²) >= 11 is 0. The minimum absolute atomic E-state index is 0.298. The van der Waals surface area contributed by atoms with Gasteiger partial charge in [0.25, 0.3) is 0 Å². The molecule has 1 aromatic carbocycles. The van der Waals surface area contributed by atoms with E-state index in [1.807, 2.05) is 12.1 Å². The van der Waals surface area contributed by atoms with Gasteiger partial charge in [0.2, 0.25) is 0 Å². The molecule has 1 nitrogen and oxygen atoms in total. The number of allylic oxidation sites excluding steroid dienone is 1. The van der Waals surface area contributed by atoms with Crippen molar-refractivity contribution in [2.24, 2.45) is 0 Å². The number of aromatic hydroxyl groups is 1. The van der Waals surface area contributed by atoms with Crippen molar-refractivity contribution in [2.75, 3.05) is 0 Å². The molecule has 0 aliphatic carbocycles. The lowest BCUT2D eigenvalue weighted by Gasteiger charge is -1.98. The molecule has 58 valence electrons. The summed E-state index contributed by atoms with van der Waals surface area (Å²) in [6, 6.07) is 7.39. The molecule has 0 fully saturated rings. The fourth-order valence-corrected chi connectivity index (χ4v) is 2.13. The lowest BCUT2D eigenvalue weighted by molar-refractivity contribution is 0.475. The molecule has 11 heavy (non-hydrogen) atoms. The van der Waals surface area contributed by atoms with Gasteiger partial charge in [-0.3, -0.25) is 0 Å². The summed E-state index contributed by atoms with van der Waals surface area (Å²) in [4.78, 5) is 0. The van der Waals surface area contributed by atoms with Crippen molar-refractivity contribution < 1.29 is 5.11 Å². The van der Waals surface area contributed by atoms with Crippen molar-refractivity contribution in [3.8, 4) is 5.75 Å². The van der Waals surface area contributed by atoms with Gasteiger partial charge in [0.15, 0.2) is 0 Å². The second-order valence-corrected chi connectivity index (χ2v) is 5.18. The van der Waals surface area contributed by atoms with Gasteiger partial charge in [0.1, 0.15) is 5.75 Å². The second kappa shape index (κ2) is 3.39. The molecule has 0 heterocycles. The highest BCUT2D eigenvalue weighted by Crippen LogP contribution is 2.02. The van der Waals surface area contributed by atoms with Crippen molar-refractivity contribution in [1.29, 1.82) is 0 Å². The van der Waals surface area contributed by atoms with Crippen LogP contribution in [0.15, 0.2) is 36.0 Å². The molecule has 0 saturated heterocycles. The highest BCUT2D eigenvalue weighted by molar-refractivity contribution is 6.60. The minimum Gasteiger partial charge on any atom is -0.508 e. The quantitative estimate of drug-likeness (QED) is 0.639. The Morgan fingerprint density at radius 1 is 1.36 bits per heavy atom. The van der Waals surface area contributed by atoms with E-state index in [0.29, 0.717) is 5.75 Å². The molecule has 0 radical (unpaired) electrons. The Balaban J connectivity index is 2.74. The zero-order valence-corrected chi connectivity index (χ0v) is 8.09. The Morgan fingerprint density at radius 3 is 2.36 bits per heavy atom. The first kappa shape index (κ1) is 8.08. The fraction of sp³-hybridized carbons (Fsp3) is 0.111. The zero-order chi connectivity index (χ0) is 8.27. The molecule has 1 N–H and O–H groups in total. The summed E-state index contributed by atoms with van der Waals surface area (Å²) in [6.45, 7) is 5.93. The third-order valence-electron chi connectivity index (χ3n) is 1.44. The number of hydrogen-bond donors (Lipinski definition) is 1. The van der Waals surface area contributed by atoms with Crippen LogP contribution in [0.5, 0.6) is 5.75 Å². The van der Waals surface area contributed by atoms with E-state index in [4.69, 9.17) is 5.11 Å². The van der Waals surface area contributed by atoms with Crippen molar-refractivity contribution in [3.05, 3.63) is 36.0 Å². The molecular formula is C9H12OSi. The molecule has 0 amide bonds. The van der Waals surface area contributed by atoms with E-state index in [0.717, 1.165) is 0 Å². The topological polar surface area (TPSA) is 20.2 Å². The SMILES string of the molecule is C=C(C)[SiH2]c1ccc(O)cc1. The Labute approximate surface area is 69.2 Å². The van der Waals surface area contributed by atoms with Crippen LogP contribution in [0.2, 0.25) is 0 Å². The van der Waals surface area contributed by atoms with Crippen LogP contribution >= 0.6 is 0 Å². The molecule has 0 bridgehead atoms. The van der Waals surface area contributed by atoms with Crippen LogP contribution in [0.3, 0.4) is 0 Å². The summed E-state index contributed by atoms with van der Waals surface area (Å²) in [5.74, 6) is 0.337. The Morgan fingerprint density at radius 2 is 1.91 bits per heavy atom. The predicted octanol–water partition coefficient (Wildman–Crippen LogP) is 0.720. The van der Waals surface area contributed by atoms with Gasteiger partial charge < -0.3 is 5.11 Å². The molecule has 0 unspecified atom stereocenters. The monoisotopic (exact) mass is 164 g/mol. The third kappa shape index (κ3) is 2.59. The van der Waals surface area contributed by atoms with E-state index in [1.54, 1.807) is 12.1 Å². The van der Waals surface area contributed by atoms with E-state index in [-0.39, 0.29) is 9.52 Å². The van der Waals surface area contributed by atoms with Gasteiger partial charge in [0.05, 0.1) is 9.52 Å². The number of phenols is 1. The Hall–Kier alpha value is -1.02. The van der Waals surface area contributed by atoms with Crippen molar-refractivity contribution in [3.63, 3.8) is 0 Å². The molecule has 2 heteroatoms. The van der Waals surface area contributed by atoms with E-state index in [1.165, 1.54) is 10.4 Å². The standard InChI is InChI=1S/C9H12OSi/c1-7(2)11-9-5-3-8(10)4-6-9/h3-6,10H,1,11H2,2H3. The molecular weight excluding hydrogens is 152 g/mol. The first-order valence-electron chi connectivity index (χ1n) is 3.61. The highest BCUT2D eigenvalue weighted by atomic mass is 28.2. The number of hydrogen-bond acceptors (Lipinski definition) is 1. The van der Waals surface area contributed by atoms with Crippen LogP contribution in [0, 0.1) is 0 Å². The van der Waals surface area contributed by atoms with Crippen LogP contribution in [0.4, 0.5) is 0 Å². The largest absolute Gasteiger partial charge is 0.508 e. The summed E-state index contributed by atoms with van der Waals surface area (Å²) in [7, 11) is -0.298. The van der Waals surface area contributed by atoms with E-state index in [2.05, 4.69) is 13.5 Å². The molecule has 0 spiro atoms. The van der Waals surface area contributed by atoms with Gasteiger partial charge in [-0.25, -0.2) is 0 Å². The summed E-state index contributed by atoms with van der Waals surface area (Å²) in [6.07, 6.45) is 0. The van der Waals surface area contributed by atoms with E-state index in [9.17, 15) is 0 Å². The number of benzene rings is 1. The molecule has 1 rings (SSSR count). The normalized spacial score (nSPS) is 10.6. The maximum atomic E-state index is 8.98. The van der Waals surface area contributed by atoms with Gasteiger partial charge in [0, 0.05) is 0 Å². The van der Waals surface area contributed by atoms with Gasteiger partial charge >= 0.3 is 0 Å². The van der Waals surface area contributed by atoms with Crippen molar-refractivity contribution >= 4 is 14.7 Å². The van der Waals surface area contributed by atoms with Gasteiger partial charge in [-0.2, -0.15) is 0 Å². The first-order valence-corrected chi connectivity index (χ1v) is 5.02. The highest BCUT2D eigenvalue weighted by Gasteiger charge is 1.93. The second-order valence-electron chi connectivity index (χ2n) is 2.80. The van der Waals surface area contributed by atoms with Crippen LogP contribution in [0.1, 0.15) is 6.92 Å². The molecule has 0 aromatic heterocycles. The molecule has 0 aliphatic heterocycles. The van der Waals surface area contributed by atoms with Crippen molar-refractivity contribution in [1.82, 2.24) is 0 Å². The lowest BCUT2D eigenvalue weighted by Crippen LogP contribution is -2.13. The maximum Gasteiger partial charge on any atom is 0.115 e. The molecule has 0 atom stereocenters. The van der Waals surface area contributed by atoms with Gasteiger partial charge in [-0.15, -0.1) is 6.58 Å². The Kier molecular flexibility index (Phi) is 2.49. The average molecular weight is 164 g/mol. The lowest BCUT2D eigenvalue weighted by atomic mass is 10.3. The third-order valence-corrected chi connectivity index (χ3v) is 2.93. The summed E-state index contributed by atoms with van der Waals surface area (Å²) < 4.78 is 0. The average Bonchev–Trinajstić information content (AvgIpc) is 1.93. The van der Waals surface area contributed by atoms with Crippen LogP contribution in [-0.2, 0) is 0 Å². The van der Waals surface area contributed by atoms with E-state index >= 15 is 0 Å². The molecule has 0 aliphatic rings. The number of rotatable bonds is 2. The summed E-state index contributed by atoms with van der Waals surface area (Å²) in [5.41, 5.74) is 0. The van der Waals surface area contributed by atoms with Crippen LogP contribution in [-0.4, -0.2) is 14.6 Å². The zero-order valence-electron chi connectivity index (χ0n) is 6.67. The minimum atomic E-state index is -0.298. The van der Waals surface area contributed by atoms with Crippen LogP contribution in [0.25, 0.3) is 0 Å². The fourth-order valence-electron chi connectivity index (χ4n) is 0.962. The number of phenolic OH excluding ortho intramolecular Hbond substituents is 1. The van der Waals surface area contributed by atoms with E-state index < -0.39 is 0 Å². The Bertz CT molecular complexity index is 251. The molecule has 0 saturated carbocycles. The van der Waals surface area contributed by atoms with Gasteiger partial charge in [-0.1, -0.05) is 22.5 Å². The smallest absolute Gasteiger partial charge is 0.115 e. The van der Waals surface area contributed by atoms with Crippen LogP contribution < -0.4 is 5.19 Å². The summed E-state index contributed by atoms with van der Waals surface area (Å²) in [5, 5.41) is 11.6. The first-order chi connectivity index (χ1) is 5.18. The predicted molar refractivity (Wildman–Crippen MR) is 51.1 cm³/mol. The van der Waals surface area contributed by atoms with Gasteiger partial charge in [-0.05, 0) is 19.1 Å². The maximum absolute atomic E-state index is 8.98. The van der Waals surface area contributed by atoms with Crippen molar-refractivity contribution in [2.45, 2.75) is 6.92 Å².